The van der Waals surface area contributed by atoms with Crippen molar-refractivity contribution in [1.82, 2.24) is 15.0 Å². The van der Waals surface area contributed by atoms with E-state index in [9.17, 15) is 4.79 Å². The van der Waals surface area contributed by atoms with E-state index in [1.807, 2.05) is 19.9 Å². The van der Waals surface area contributed by atoms with Gasteiger partial charge in [0.2, 0.25) is 0 Å². The number of pyridine rings is 1. The number of aromatic nitrogens is 3. The number of esters is 1. The molecule has 0 atom stereocenters. The van der Waals surface area contributed by atoms with Crippen LogP contribution in [0.2, 0.25) is 5.15 Å². The third kappa shape index (κ3) is 3.60. The van der Waals surface area contributed by atoms with E-state index in [-0.39, 0.29) is 18.0 Å². The molecule has 0 bridgehead atoms. The number of nitrogens with zero attached hydrogens (tertiary/aromatic N) is 2. The van der Waals surface area contributed by atoms with Gasteiger partial charge in [0.1, 0.15) is 22.9 Å². The number of halogens is 1. The Morgan fingerprint density at radius 3 is 2.96 bits per heavy atom. The number of rotatable bonds is 4. The summed E-state index contributed by atoms with van der Waals surface area (Å²) in [6.07, 6.45) is 2.88. The fourth-order valence-electron chi connectivity index (χ4n) is 2.83. The van der Waals surface area contributed by atoms with Crippen molar-refractivity contribution >= 4 is 34.2 Å². The third-order valence-corrected chi connectivity index (χ3v) is 3.97. The molecule has 24 heavy (non-hydrogen) atoms. The summed E-state index contributed by atoms with van der Waals surface area (Å²) in [4.78, 5) is 23.8. The van der Waals surface area contributed by atoms with Crippen LogP contribution in [0.4, 0.5) is 0 Å². The summed E-state index contributed by atoms with van der Waals surface area (Å²) in [6, 6.07) is 1.72. The number of nitrogens with one attached hydrogen (secondary N) is 1. The van der Waals surface area contributed by atoms with Crippen LogP contribution in [-0.2, 0) is 20.7 Å². The van der Waals surface area contributed by atoms with Crippen LogP contribution in [0.5, 0.6) is 0 Å². The Bertz CT molecular complexity index is 811. The van der Waals surface area contributed by atoms with Crippen molar-refractivity contribution in [1.29, 1.82) is 0 Å². The van der Waals surface area contributed by atoms with Crippen molar-refractivity contribution < 1.29 is 14.3 Å². The lowest BCUT2D eigenvalue weighted by molar-refractivity contribution is -0.142. The van der Waals surface area contributed by atoms with Gasteiger partial charge in [-0.2, -0.15) is 0 Å². The molecule has 1 N–H and O–H groups in total. The SMILES string of the molecule is CCOC(=O)Cc1nc2c(C3=CC(C)(C)OCC3)nc(Cl)cc2[nH]1. The van der Waals surface area contributed by atoms with Gasteiger partial charge in [0.15, 0.2) is 0 Å². The molecule has 0 amide bonds. The van der Waals surface area contributed by atoms with E-state index in [0.717, 1.165) is 23.2 Å². The van der Waals surface area contributed by atoms with Crippen LogP contribution in [0.1, 0.15) is 38.7 Å². The van der Waals surface area contributed by atoms with Crippen molar-refractivity contribution in [2.24, 2.45) is 0 Å². The molecule has 128 valence electrons. The topological polar surface area (TPSA) is 77.1 Å². The first-order valence-electron chi connectivity index (χ1n) is 7.95. The number of fused-ring (bicyclic) bond motifs is 1. The first kappa shape index (κ1) is 16.9. The Balaban J connectivity index is 2.03. The molecule has 0 aliphatic carbocycles. The second-order valence-corrected chi connectivity index (χ2v) is 6.61. The Labute approximate surface area is 145 Å². The van der Waals surface area contributed by atoms with Crippen molar-refractivity contribution in [3.63, 3.8) is 0 Å². The molecular weight excluding hydrogens is 330 g/mol. The van der Waals surface area contributed by atoms with E-state index in [1.165, 1.54) is 0 Å². The molecule has 0 aromatic carbocycles. The van der Waals surface area contributed by atoms with Gasteiger partial charge in [0.05, 0.1) is 30.0 Å². The smallest absolute Gasteiger partial charge is 0.313 e. The summed E-state index contributed by atoms with van der Waals surface area (Å²) < 4.78 is 10.7. The van der Waals surface area contributed by atoms with E-state index in [0.29, 0.717) is 29.7 Å². The van der Waals surface area contributed by atoms with Gasteiger partial charge in [-0.05, 0) is 38.8 Å². The zero-order valence-corrected chi connectivity index (χ0v) is 14.7. The summed E-state index contributed by atoms with van der Waals surface area (Å²) in [5.41, 5.74) is 2.90. The van der Waals surface area contributed by atoms with E-state index >= 15 is 0 Å². The standard InChI is InChI=1S/C17H20ClN3O3/c1-4-23-14(22)8-13-19-11-7-12(18)20-15(16(11)21-13)10-5-6-24-17(2,3)9-10/h7,9H,4-6,8H2,1-3H3,(H,19,21). The summed E-state index contributed by atoms with van der Waals surface area (Å²) in [5.74, 6) is 0.226. The predicted molar refractivity (Wildman–Crippen MR) is 91.9 cm³/mol. The molecule has 3 heterocycles. The summed E-state index contributed by atoms with van der Waals surface area (Å²) in [6.45, 7) is 6.75. The fourth-order valence-corrected chi connectivity index (χ4v) is 3.03. The molecule has 3 rings (SSSR count). The molecule has 1 aliphatic rings. The van der Waals surface area contributed by atoms with Gasteiger partial charge >= 0.3 is 5.97 Å². The molecule has 0 fully saturated rings. The second kappa shape index (κ2) is 6.53. The minimum Gasteiger partial charge on any atom is -0.466 e. The molecule has 0 spiro atoms. The lowest BCUT2D eigenvalue weighted by Crippen LogP contribution is -2.26. The Kier molecular flexibility index (Phi) is 4.60. The molecule has 0 unspecified atom stereocenters. The maximum absolute atomic E-state index is 11.7. The van der Waals surface area contributed by atoms with E-state index < -0.39 is 0 Å². The fraction of sp³-hybridized carbons (Fsp3) is 0.471. The van der Waals surface area contributed by atoms with Crippen molar-refractivity contribution in [3.8, 4) is 0 Å². The van der Waals surface area contributed by atoms with Crippen LogP contribution in [-0.4, -0.2) is 39.7 Å². The minimum atomic E-state index is -0.353. The Hall–Kier alpha value is -1.92. The maximum Gasteiger partial charge on any atom is 0.313 e. The number of hydrogen-bond acceptors (Lipinski definition) is 5. The largest absolute Gasteiger partial charge is 0.466 e. The van der Waals surface area contributed by atoms with E-state index in [4.69, 9.17) is 21.1 Å². The minimum absolute atomic E-state index is 0.0905. The van der Waals surface area contributed by atoms with Crippen LogP contribution in [0.25, 0.3) is 16.6 Å². The highest BCUT2D eigenvalue weighted by Gasteiger charge is 2.24. The van der Waals surface area contributed by atoms with Crippen LogP contribution in [0.3, 0.4) is 0 Å². The lowest BCUT2D eigenvalue weighted by Gasteiger charge is -2.28. The van der Waals surface area contributed by atoms with Crippen molar-refractivity contribution in [3.05, 3.63) is 28.8 Å². The zero-order chi connectivity index (χ0) is 17.3. The Morgan fingerprint density at radius 2 is 2.25 bits per heavy atom. The average molecular weight is 350 g/mol. The molecule has 0 saturated carbocycles. The number of carbonyl (C=O) groups is 1. The van der Waals surface area contributed by atoms with Crippen LogP contribution in [0, 0.1) is 0 Å². The first-order chi connectivity index (χ1) is 11.4. The van der Waals surface area contributed by atoms with Gasteiger partial charge in [0.25, 0.3) is 0 Å². The van der Waals surface area contributed by atoms with Crippen LogP contribution >= 0.6 is 11.6 Å². The van der Waals surface area contributed by atoms with Gasteiger partial charge < -0.3 is 14.5 Å². The number of imidazole rings is 1. The van der Waals surface area contributed by atoms with E-state index in [2.05, 4.69) is 15.0 Å². The van der Waals surface area contributed by atoms with E-state index in [1.54, 1.807) is 13.0 Å². The quantitative estimate of drug-likeness (QED) is 0.677. The molecule has 1 aliphatic heterocycles. The van der Waals surface area contributed by atoms with Gasteiger partial charge in [-0.25, -0.2) is 9.97 Å². The van der Waals surface area contributed by atoms with Gasteiger partial charge in [0, 0.05) is 6.07 Å². The summed E-state index contributed by atoms with van der Waals surface area (Å²) >= 11 is 6.17. The van der Waals surface area contributed by atoms with Crippen LogP contribution in [0.15, 0.2) is 12.1 Å². The molecule has 7 heteroatoms. The maximum atomic E-state index is 11.7. The number of H-pyrrole nitrogens is 1. The first-order valence-corrected chi connectivity index (χ1v) is 8.32. The number of ether oxygens (including phenoxy) is 2. The normalized spacial score (nSPS) is 16.9. The van der Waals surface area contributed by atoms with Crippen molar-refractivity contribution in [2.45, 2.75) is 39.2 Å². The molecule has 2 aromatic rings. The van der Waals surface area contributed by atoms with Gasteiger partial charge in [-0.15, -0.1) is 0 Å². The number of hydrogen-bond donors (Lipinski definition) is 1. The monoisotopic (exact) mass is 349 g/mol. The van der Waals surface area contributed by atoms with Gasteiger partial charge in [-0.1, -0.05) is 11.6 Å². The summed E-state index contributed by atoms with van der Waals surface area (Å²) in [7, 11) is 0. The third-order valence-electron chi connectivity index (χ3n) is 3.78. The highest BCUT2D eigenvalue weighted by atomic mass is 35.5. The highest BCUT2D eigenvalue weighted by molar-refractivity contribution is 6.30. The molecular formula is C17H20ClN3O3. The average Bonchev–Trinajstić information content (AvgIpc) is 2.87. The Morgan fingerprint density at radius 1 is 1.46 bits per heavy atom. The molecule has 6 nitrogen and oxygen atoms in total. The lowest BCUT2D eigenvalue weighted by atomic mass is 9.97. The molecule has 0 saturated heterocycles. The van der Waals surface area contributed by atoms with Gasteiger partial charge in [-0.3, -0.25) is 4.79 Å². The molecule has 2 aromatic heterocycles. The predicted octanol–water partition coefficient (Wildman–Crippen LogP) is 3.30. The highest BCUT2D eigenvalue weighted by Crippen LogP contribution is 2.32. The number of carbonyl (C=O) groups excluding carboxylic acids is 1. The van der Waals surface area contributed by atoms with Crippen molar-refractivity contribution in [2.75, 3.05) is 13.2 Å². The summed E-state index contributed by atoms with van der Waals surface area (Å²) in [5, 5.41) is 0.383. The second-order valence-electron chi connectivity index (χ2n) is 6.23. The molecule has 0 radical (unpaired) electrons. The van der Waals surface area contributed by atoms with Crippen LogP contribution < -0.4 is 0 Å². The number of aromatic amines is 1. The zero-order valence-electron chi connectivity index (χ0n) is 14.0.